The van der Waals surface area contributed by atoms with Crippen molar-refractivity contribution in [1.29, 1.82) is 0 Å². The molecule has 1 aliphatic heterocycles. The first-order chi connectivity index (χ1) is 30.2. The third-order valence-electron chi connectivity index (χ3n) is 8.36. The Morgan fingerprint density at radius 1 is 0.694 bits per heavy atom. The van der Waals surface area contributed by atoms with Crippen molar-refractivity contribution in [2.24, 2.45) is 0 Å². The largest absolute Gasteiger partial charge is 0.394 e. The molecule has 0 spiro atoms. The molecule has 8 atom stereocenters. The first-order valence-corrected chi connectivity index (χ1v) is 19.5. The van der Waals surface area contributed by atoms with Gasteiger partial charge in [0.15, 0.2) is 6.29 Å². The summed E-state index contributed by atoms with van der Waals surface area (Å²) < 4.78 is 10.9. The maximum atomic E-state index is 12.7. The van der Waals surface area contributed by atoms with Crippen molar-refractivity contribution in [2.45, 2.75) is 107 Å². The lowest BCUT2D eigenvalue weighted by Crippen LogP contribution is -2.60. The van der Waals surface area contributed by atoms with Crippen molar-refractivity contribution in [3.8, 4) is 130 Å². The van der Waals surface area contributed by atoms with Crippen LogP contribution in [0.3, 0.4) is 0 Å². The summed E-state index contributed by atoms with van der Waals surface area (Å²) in [5.74, 6) is 52.8. The lowest BCUT2D eigenvalue weighted by atomic mass is 9.99. The van der Waals surface area contributed by atoms with Gasteiger partial charge in [-0.25, -0.2) is 0 Å². The molecule has 0 bridgehead atoms. The van der Waals surface area contributed by atoms with Crippen LogP contribution < -0.4 is 10.6 Å². The molecule has 12 nitrogen and oxygen atoms in total. The summed E-state index contributed by atoms with van der Waals surface area (Å²) in [6, 6.07) is 8.90. The van der Waals surface area contributed by atoms with Crippen molar-refractivity contribution in [1.82, 2.24) is 10.6 Å². The van der Waals surface area contributed by atoms with E-state index in [0.717, 1.165) is 32.1 Å². The maximum Gasteiger partial charge on any atom is 0.297 e. The van der Waals surface area contributed by atoms with Crippen molar-refractivity contribution in [3.05, 3.63) is 35.9 Å². The number of amides is 2. The van der Waals surface area contributed by atoms with Crippen LogP contribution in [0.15, 0.2) is 30.3 Å². The molecule has 1 aromatic carbocycles. The van der Waals surface area contributed by atoms with Gasteiger partial charge in [-0.3, -0.25) is 9.59 Å². The summed E-state index contributed by atoms with van der Waals surface area (Å²) in [6.07, 6.45) is -5.83. The lowest BCUT2D eigenvalue weighted by Gasteiger charge is -2.40. The molecule has 2 amide bonds. The van der Waals surface area contributed by atoms with E-state index in [-0.39, 0.29) is 25.2 Å². The van der Waals surface area contributed by atoms with Gasteiger partial charge in [0.25, 0.3) is 5.91 Å². The van der Waals surface area contributed by atoms with Crippen LogP contribution >= 0.6 is 0 Å². The number of carbonyl (C=O) groups excluding carboxylic acids is 2. The molecule has 0 saturated carbocycles. The molecule has 316 valence electrons. The van der Waals surface area contributed by atoms with Crippen molar-refractivity contribution >= 4 is 11.8 Å². The molecule has 0 aliphatic carbocycles. The Morgan fingerprint density at radius 2 is 1.23 bits per heavy atom. The van der Waals surface area contributed by atoms with Crippen molar-refractivity contribution in [2.75, 3.05) is 19.8 Å². The second-order valence-corrected chi connectivity index (χ2v) is 12.9. The first kappa shape index (κ1) is 51.1. The average Bonchev–Trinajstić information content (AvgIpc) is 3.27. The number of unbranched alkanes of at least 4 members (excludes halogenated alkanes) is 3. The fraction of sp³-hybridized carbons (Fsp3) is 0.400. The summed E-state index contributed by atoms with van der Waals surface area (Å²) in [7, 11) is 0. The smallest absolute Gasteiger partial charge is 0.297 e. The molecule has 1 aromatic rings. The van der Waals surface area contributed by atoms with E-state index < -0.39 is 68.1 Å². The van der Waals surface area contributed by atoms with Crippen LogP contribution in [0.1, 0.15) is 57.4 Å². The quantitative estimate of drug-likeness (QED) is 0.0682. The van der Waals surface area contributed by atoms with Gasteiger partial charge < -0.3 is 50.7 Å². The molecule has 2 unspecified atom stereocenters. The minimum atomic E-state index is -1.75. The topological polar surface area (TPSA) is 198 Å². The molecular weight excluding hydrogens is 789 g/mol. The predicted molar refractivity (Wildman–Crippen MR) is 230 cm³/mol. The number of hydrogen-bond acceptors (Lipinski definition) is 10. The molecule has 2 rings (SSSR count). The SMILES string of the molecule is CC#CC#CC#CC#CC#CC#CC#CC#CC#CC#CC#CC(=O)N[C@@H](CO[C@H]1OC(CO)[C@H](O)[C@H](O)C1O)[C@H](O)[C@H](O)CCCC(=O)NCCCCCCc1ccccc1. The molecule has 12 heteroatoms. The minimum Gasteiger partial charge on any atom is -0.394 e. The summed E-state index contributed by atoms with van der Waals surface area (Å²) in [4.78, 5) is 25.1. The highest BCUT2D eigenvalue weighted by molar-refractivity contribution is 5.94. The Balaban J connectivity index is 1.91. The van der Waals surface area contributed by atoms with E-state index >= 15 is 0 Å². The van der Waals surface area contributed by atoms with Gasteiger partial charge in [0, 0.05) is 42.6 Å². The van der Waals surface area contributed by atoms with E-state index in [1.54, 1.807) is 6.92 Å². The van der Waals surface area contributed by atoms with Gasteiger partial charge in [-0.05, 0) is 139 Å². The van der Waals surface area contributed by atoms with E-state index in [1.807, 2.05) is 18.2 Å². The summed E-state index contributed by atoms with van der Waals surface area (Å²) >= 11 is 0. The van der Waals surface area contributed by atoms with E-state index in [0.29, 0.717) is 6.54 Å². The molecular formula is C50H46N2O10. The number of aliphatic hydroxyl groups is 6. The molecule has 1 aliphatic rings. The molecule has 8 N–H and O–H groups in total. The molecule has 62 heavy (non-hydrogen) atoms. The highest BCUT2D eigenvalue weighted by Gasteiger charge is 2.44. The third kappa shape index (κ3) is 23.0. The van der Waals surface area contributed by atoms with Crippen LogP contribution in [0.25, 0.3) is 0 Å². The van der Waals surface area contributed by atoms with Crippen LogP contribution in [0.5, 0.6) is 0 Å². The van der Waals surface area contributed by atoms with Crippen LogP contribution in [0.2, 0.25) is 0 Å². The average molecular weight is 835 g/mol. The normalized spacial score (nSPS) is 17.6. The number of hydrogen-bond donors (Lipinski definition) is 8. The van der Waals surface area contributed by atoms with E-state index in [9.17, 15) is 40.2 Å². The Kier molecular flexibility index (Phi) is 27.1. The first-order valence-electron chi connectivity index (χ1n) is 19.5. The van der Waals surface area contributed by atoms with Gasteiger partial charge in [-0.15, -0.1) is 0 Å². The number of carbonyl (C=O) groups is 2. The standard InChI is InChI=1S/C50H46N2O10/c1-2-3-4-5-6-7-8-9-10-11-12-13-14-15-16-17-18-19-20-21-28-35-45(56)52-41(39-61-50-49(60)48(59)47(58)43(38-53)62-50)46(57)42(54)34-30-36-44(55)51-37-29-23-22-25-31-40-32-26-24-27-33-40/h24,26-27,32-33,41-43,46-50,53-54,57-60H,22-23,25,29-31,34,36-39H2,1H3,(H,51,55)(H,52,56)/t41-,42+,43?,46-,47-,48-,49?,50-/m0/s1. The molecule has 1 heterocycles. The monoisotopic (exact) mass is 834 g/mol. The maximum absolute atomic E-state index is 12.7. The number of aliphatic hydroxyl groups excluding tert-OH is 6. The molecule has 0 aromatic heterocycles. The van der Waals surface area contributed by atoms with Gasteiger partial charge in [-0.1, -0.05) is 49.1 Å². The van der Waals surface area contributed by atoms with Gasteiger partial charge in [-0.2, -0.15) is 0 Å². The molecule has 1 fully saturated rings. The molecule has 0 radical (unpaired) electrons. The van der Waals surface area contributed by atoms with Crippen molar-refractivity contribution in [3.63, 3.8) is 0 Å². The lowest BCUT2D eigenvalue weighted by molar-refractivity contribution is -0.303. The zero-order chi connectivity index (χ0) is 45.0. The highest BCUT2D eigenvalue weighted by atomic mass is 16.7. The Labute approximate surface area is 364 Å². The second-order valence-electron chi connectivity index (χ2n) is 12.9. The van der Waals surface area contributed by atoms with Crippen LogP contribution in [0, 0.1) is 130 Å². The van der Waals surface area contributed by atoms with Gasteiger partial charge >= 0.3 is 0 Å². The van der Waals surface area contributed by atoms with E-state index in [1.165, 1.54) is 5.56 Å². The number of ether oxygens (including phenoxy) is 2. The highest BCUT2D eigenvalue weighted by Crippen LogP contribution is 2.22. The number of aryl methyl sites for hydroxylation is 1. The van der Waals surface area contributed by atoms with Crippen LogP contribution in [-0.4, -0.2) is 111 Å². The summed E-state index contributed by atoms with van der Waals surface area (Å²) in [6.45, 7) is 0.914. The Hall–Kier alpha value is -7.00. The Morgan fingerprint density at radius 3 is 1.77 bits per heavy atom. The summed E-state index contributed by atoms with van der Waals surface area (Å²) in [5.41, 5.74) is 1.30. The van der Waals surface area contributed by atoms with Crippen molar-refractivity contribution < 1.29 is 49.7 Å². The van der Waals surface area contributed by atoms with E-state index in [4.69, 9.17) is 9.47 Å². The third-order valence-corrected chi connectivity index (χ3v) is 8.36. The minimum absolute atomic E-state index is 0.0213. The fourth-order valence-electron chi connectivity index (χ4n) is 5.23. The zero-order valence-corrected chi connectivity index (χ0v) is 34.1. The van der Waals surface area contributed by atoms with Crippen LogP contribution in [-0.2, 0) is 25.5 Å². The fourth-order valence-corrected chi connectivity index (χ4v) is 5.23. The van der Waals surface area contributed by atoms with E-state index in [2.05, 4.69) is 153 Å². The number of rotatable bonds is 18. The molecule has 1 saturated heterocycles. The summed E-state index contributed by atoms with van der Waals surface area (Å²) in [5, 5.41) is 67.1. The number of benzene rings is 1. The predicted octanol–water partition coefficient (Wildman–Crippen LogP) is -0.844. The van der Waals surface area contributed by atoms with Gasteiger partial charge in [0.1, 0.15) is 30.5 Å². The van der Waals surface area contributed by atoms with Gasteiger partial charge in [0.2, 0.25) is 5.91 Å². The van der Waals surface area contributed by atoms with Gasteiger partial charge in [0.05, 0.1) is 25.4 Å². The number of nitrogens with one attached hydrogen (secondary N) is 2. The Bertz CT molecular complexity index is 2350. The zero-order valence-electron chi connectivity index (χ0n) is 34.1. The second kappa shape index (κ2) is 32.8. The van der Waals surface area contributed by atoms with Crippen LogP contribution in [0.4, 0.5) is 0 Å².